The van der Waals surface area contributed by atoms with Crippen molar-refractivity contribution in [3.63, 3.8) is 0 Å². The molecule has 0 bridgehead atoms. The maximum Gasteiger partial charge on any atom is 1.00 e. The second kappa shape index (κ2) is 10.2. The number of nitrogens with two attached hydrogens (primary N) is 1. The van der Waals surface area contributed by atoms with E-state index >= 15 is 0 Å². The Morgan fingerprint density at radius 3 is 2.35 bits per heavy atom. The molecule has 0 aliphatic rings. The third-order valence-corrected chi connectivity index (χ3v) is 2.95. The molecule has 0 saturated carbocycles. The topological polar surface area (TPSA) is 86.4 Å². The van der Waals surface area contributed by atoms with E-state index in [4.69, 9.17) is 10.6 Å². The maximum absolute atomic E-state index is 10.5. The van der Waals surface area contributed by atoms with Crippen molar-refractivity contribution in [1.29, 1.82) is 0 Å². The van der Waals surface area contributed by atoms with Gasteiger partial charge < -0.3 is 20.1 Å². The molecule has 17 heavy (non-hydrogen) atoms. The quantitative estimate of drug-likeness (QED) is 0.446. The van der Waals surface area contributed by atoms with Gasteiger partial charge in [0, 0.05) is 41.8 Å². The average Bonchev–Trinajstić information content (AvgIpc) is 2.15. The molecule has 0 heterocycles. The zero-order valence-corrected chi connectivity index (χ0v) is 15.3. The Hall–Kier alpha value is 1.33. The zero-order chi connectivity index (χ0) is 11.3. The first-order valence-corrected chi connectivity index (χ1v) is 6.56. The molecule has 1 aromatic carbocycles. The van der Waals surface area contributed by atoms with Crippen molar-refractivity contribution in [1.82, 2.24) is 0 Å². The van der Waals surface area contributed by atoms with Gasteiger partial charge in [-0.15, -0.1) is 0 Å². The Labute approximate surface area is 146 Å². The maximum atomic E-state index is 10.5. The SMILES string of the molecule is NC(CCP(=O)([O-])O)Cc1ccccc1.[Na+].[Na]. The van der Waals surface area contributed by atoms with E-state index in [2.05, 4.69) is 0 Å². The van der Waals surface area contributed by atoms with E-state index in [1.54, 1.807) is 0 Å². The van der Waals surface area contributed by atoms with E-state index in [-0.39, 0.29) is 77.7 Å². The molecule has 7 heteroatoms. The molecule has 2 unspecified atom stereocenters. The summed E-state index contributed by atoms with van der Waals surface area (Å²) in [5.41, 5.74) is 6.81. The molecule has 0 aromatic heterocycles. The molecule has 1 aromatic rings. The van der Waals surface area contributed by atoms with Crippen LogP contribution in [0.15, 0.2) is 30.3 Å². The summed E-state index contributed by atoms with van der Waals surface area (Å²) in [6.45, 7) is 0. The molecule has 3 N–H and O–H groups in total. The van der Waals surface area contributed by atoms with Crippen LogP contribution in [0.3, 0.4) is 0 Å². The summed E-state index contributed by atoms with van der Waals surface area (Å²) >= 11 is 0. The van der Waals surface area contributed by atoms with Gasteiger partial charge in [-0.2, -0.15) is 0 Å². The first-order chi connectivity index (χ1) is 6.97. The van der Waals surface area contributed by atoms with E-state index in [1.165, 1.54) is 0 Å². The second-order valence-corrected chi connectivity index (χ2v) is 5.32. The summed E-state index contributed by atoms with van der Waals surface area (Å²) < 4.78 is 10.5. The van der Waals surface area contributed by atoms with Crippen LogP contribution >= 0.6 is 7.60 Å². The summed E-state index contributed by atoms with van der Waals surface area (Å²) in [6, 6.07) is 9.38. The normalized spacial score (nSPS) is 15.0. The molecule has 1 radical (unpaired) electrons. The first kappa shape index (κ1) is 20.6. The van der Waals surface area contributed by atoms with E-state index in [0.717, 1.165) is 5.56 Å². The van der Waals surface area contributed by atoms with Gasteiger partial charge in [-0.25, -0.2) is 0 Å². The van der Waals surface area contributed by atoms with E-state index in [0.29, 0.717) is 6.42 Å². The molecule has 0 spiro atoms. The number of benzene rings is 1. The van der Waals surface area contributed by atoms with Gasteiger partial charge in [-0.1, -0.05) is 30.3 Å². The summed E-state index contributed by atoms with van der Waals surface area (Å²) in [4.78, 5) is 19.1. The molecule has 85 valence electrons. The van der Waals surface area contributed by atoms with Crippen LogP contribution < -0.4 is 40.2 Å². The van der Waals surface area contributed by atoms with Crippen molar-refractivity contribution < 1.29 is 43.9 Å². The average molecular weight is 274 g/mol. The van der Waals surface area contributed by atoms with E-state index in [9.17, 15) is 9.46 Å². The monoisotopic (exact) mass is 274 g/mol. The number of rotatable bonds is 5. The molecule has 1 rings (SSSR count). The molecule has 0 aliphatic heterocycles. The van der Waals surface area contributed by atoms with E-state index in [1.807, 2.05) is 30.3 Å². The summed E-state index contributed by atoms with van der Waals surface area (Å²) in [7, 11) is -4.15. The predicted octanol–water partition coefficient (Wildman–Crippen LogP) is -2.88. The Morgan fingerprint density at radius 2 is 1.88 bits per heavy atom. The minimum atomic E-state index is -4.15. The van der Waals surface area contributed by atoms with Crippen molar-refractivity contribution >= 4 is 37.2 Å². The van der Waals surface area contributed by atoms with Crippen LogP contribution in [0, 0.1) is 0 Å². The summed E-state index contributed by atoms with van der Waals surface area (Å²) in [5.74, 6) is 0. The third kappa shape index (κ3) is 10.9. The fourth-order valence-electron chi connectivity index (χ4n) is 1.35. The van der Waals surface area contributed by atoms with Crippen LogP contribution in [-0.2, 0) is 11.0 Å². The molecule has 2 atom stereocenters. The fourth-order valence-corrected chi connectivity index (χ4v) is 2.01. The van der Waals surface area contributed by atoms with Crippen LogP contribution in [0.1, 0.15) is 12.0 Å². The van der Waals surface area contributed by atoms with Crippen molar-refractivity contribution in [3.8, 4) is 0 Å². The predicted molar refractivity (Wildman–Crippen MR) is 63.2 cm³/mol. The van der Waals surface area contributed by atoms with Crippen molar-refractivity contribution in [2.75, 3.05) is 6.16 Å². The van der Waals surface area contributed by atoms with Gasteiger partial charge >= 0.3 is 29.6 Å². The third-order valence-electron chi connectivity index (χ3n) is 2.12. The van der Waals surface area contributed by atoms with Crippen LogP contribution in [0.2, 0.25) is 0 Å². The minimum absolute atomic E-state index is 0. The van der Waals surface area contributed by atoms with Gasteiger partial charge in [0.2, 0.25) is 0 Å². The Balaban J connectivity index is 0. The smallest absolute Gasteiger partial charge is 0.779 e. The zero-order valence-electron chi connectivity index (χ0n) is 10.4. The van der Waals surface area contributed by atoms with Crippen molar-refractivity contribution in [2.45, 2.75) is 18.9 Å². The number of hydrogen-bond donors (Lipinski definition) is 2. The fraction of sp³-hybridized carbons (Fsp3) is 0.400. The largest absolute Gasteiger partial charge is 1.00 e. The Bertz CT molecular complexity index is 345. The van der Waals surface area contributed by atoms with Crippen molar-refractivity contribution in [2.24, 2.45) is 5.73 Å². The summed E-state index contributed by atoms with van der Waals surface area (Å²) in [5, 5.41) is 0. The first-order valence-electron chi connectivity index (χ1n) is 4.80. The summed E-state index contributed by atoms with van der Waals surface area (Å²) in [6.07, 6.45) is 0.661. The van der Waals surface area contributed by atoms with Gasteiger partial charge in [-0.3, -0.25) is 0 Å². The molecule has 0 aliphatic carbocycles. The second-order valence-electron chi connectivity index (χ2n) is 3.60. The molecule has 0 saturated heterocycles. The molecular formula is C10H15NNa2O3P. The van der Waals surface area contributed by atoms with Crippen LogP contribution in [-0.4, -0.2) is 46.7 Å². The molecular weight excluding hydrogens is 259 g/mol. The van der Waals surface area contributed by atoms with E-state index < -0.39 is 7.60 Å². The molecule has 0 fully saturated rings. The Kier molecular flexibility index (Phi) is 12.3. The van der Waals surface area contributed by atoms with Gasteiger partial charge in [0.05, 0.1) is 0 Å². The minimum Gasteiger partial charge on any atom is -0.779 e. The molecule has 4 nitrogen and oxygen atoms in total. The van der Waals surface area contributed by atoms with Gasteiger partial charge in [0.25, 0.3) is 0 Å². The van der Waals surface area contributed by atoms with Gasteiger partial charge in [0.15, 0.2) is 0 Å². The molecule has 0 amide bonds. The number of hydrogen-bond acceptors (Lipinski definition) is 3. The van der Waals surface area contributed by atoms with Crippen molar-refractivity contribution in [3.05, 3.63) is 35.9 Å². The van der Waals surface area contributed by atoms with Gasteiger partial charge in [-0.05, 0) is 18.4 Å². The van der Waals surface area contributed by atoms with Crippen LogP contribution in [0.25, 0.3) is 0 Å². The van der Waals surface area contributed by atoms with Crippen LogP contribution in [0.5, 0.6) is 0 Å². The Morgan fingerprint density at radius 1 is 1.35 bits per heavy atom. The standard InChI is InChI=1S/C10H16NO3P.2Na/c11-10(6-7-15(12,13)14)8-9-4-2-1-3-5-9;;/h1-5,10H,6-8,11H2,(H2,12,13,14);;/q;;+1/p-1. The van der Waals surface area contributed by atoms with Gasteiger partial charge in [0.1, 0.15) is 7.60 Å². The van der Waals surface area contributed by atoms with Crippen LogP contribution in [0.4, 0.5) is 0 Å².